The van der Waals surface area contributed by atoms with Gasteiger partial charge in [0.15, 0.2) is 0 Å². The van der Waals surface area contributed by atoms with Gasteiger partial charge < -0.3 is 19.5 Å². The predicted molar refractivity (Wildman–Crippen MR) is 128 cm³/mol. The van der Waals surface area contributed by atoms with E-state index in [2.05, 4.69) is 12.2 Å². The van der Waals surface area contributed by atoms with Gasteiger partial charge in [-0.3, -0.25) is 14.5 Å². The van der Waals surface area contributed by atoms with Crippen molar-refractivity contribution in [3.05, 3.63) is 59.8 Å². The fourth-order valence-electron chi connectivity index (χ4n) is 3.64. The van der Waals surface area contributed by atoms with Gasteiger partial charge in [0.05, 0.1) is 19.3 Å². The minimum atomic E-state index is -0.365. The first-order valence-electron chi connectivity index (χ1n) is 11.4. The van der Waals surface area contributed by atoms with Crippen molar-refractivity contribution in [3.8, 4) is 11.5 Å². The summed E-state index contributed by atoms with van der Waals surface area (Å²) < 4.78 is 16.6. The number of para-hydroxylation sites is 1. The fraction of sp³-hybridized carbons (Fsp3) is 0.385. The molecule has 1 aliphatic rings. The Balaban J connectivity index is 1.88. The van der Waals surface area contributed by atoms with Gasteiger partial charge in [-0.2, -0.15) is 0 Å². The van der Waals surface area contributed by atoms with Gasteiger partial charge in [0.25, 0.3) is 11.8 Å². The van der Waals surface area contributed by atoms with Crippen LogP contribution in [0.15, 0.2) is 54.2 Å². The maximum absolute atomic E-state index is 13.4. The van der Waals surface area contributed by atoms with Gasteiger partial charge in [-0.05, 0) is 38.0 Å². The number of nitrogens with one attached hydrogen (secondary N) is 1. The first-order chi connectivity index (χ1) is 16.1. The summed E-state index contributed by atoms with van der Waals surface area (Å²) in [5, 5.41) is 3.17. The van der Waals surface area contributed by atoms with E-state index in [1.54, 1.807) is 25.3 Å². The number of anilines is 1. The summed E-state index contributed by atoms with van der Waals surface area (Å²) in [6.07, 6.45) is 2.64. The monoisotopic (exact) mass is 452 g/mol. The Morgan fingerprint density at radius 1 is 0.939 bits per heavy atom. The molecule has 0 aliphatic carbocycles. The summed E-state index contributed by atoms with van der Waals surface area (Å²) in [6, 6.07) is 14.5. The van der Waals surface area contributed by atoms with Gasteiger partial charge in [0.1, 0.15) is 17.2 Å². The van der Waals surface area contributed by atoms with E-state index in [-0.39, 0.29) is 24.1 Å². The van der Waals surface area contributed by atoms with Gasteiger partial charge in [-0.1, -0.05) is 37.6 Å². The number of hydrogen-bond acceptors (Lipinski definition) is 6. The third kappa shape index (κ3) is 5.93. The molecule has 0 fully saturated rings. The maximum Gasteiger partial charge on any atom is 0.278 e. The van der Waals surface area contributed by atoms with E-state index >= 15 is 0 Å². The van der Waals surface area contributed by atoms with Crippen molar-refractivity contribution in [2.75, 3.05) is 38.8 Å². The zero-order valence-corrected chi connectivity index (χ0v) is 19.6. The molecule has 0 saturated carbocycles. The van der Waals surface area contributed by atoms with E-state index in [0.717, 1.165) is 12.8 Å². The van der Waals surface area contributed by atoms with Crippen LogP contribution in [0.1, 0.15) is 38.7 Å². The highest BCUT2D eigenvalue weighted by Crippen LogP contribution is 2.35. The molecule has 7 heteroatoms. The van der Waals surface area contributed by atoms with Crippen LogP contribution in [0.3, 0.4) is 0 Å². The Morgan fingerprint density at radius 2 is 1.73 bits per heavy atom. The lowest BCUT2D eigenvalue weighted by Crippen LogP contribution is -2.34. The number of rotatable bonds is 13. The molecule has 0 atom stereocenters. The Bertz CT molecular complexity index is 1000. The van der Waals surface area contributed by atoms with Gasteiger partial charge in [-0.25, -0.2) is 0 Å². The molecular formula is C26H32N2O5. The first kappa shape index (κ1) is 24.3. The average molecular weight is 453 g/mol. The minimum Gasteiger partial charge on any atom is -0.496 e. The van der Waals surface area contributed by atoms with Gasteiger partial charge in [-0.15, -0.1) is 0 Å². The van der Waals surface area contributed by atoms with Crippen molar-refractivity contribution >= 4 is 23.1 Å². The zero-order chi connectivity index (χ0) is 23.6. The van der Waals surface area contributed by atoms with Crippen molar-refractivity contribution in [3.63, 3.8) is 0 Å². The standard InChI is InChI=1S/C26H32N2O5/c1-4-6-16-32-17-10-15-28-25(29)23(21-13-7-8-14-22(21)31-3)24(26(28)30)27-19-11-9-12-20(18-19)33-5-2/h7-9,11-14,18,27H,4-6,10,15-17H2,1-3H3. The van der Waals surface area contributed by atoms with Crippen LogP contribution in [0.2, 0.25) is 0 Å². The number of nitrogens with zero attached hydrogens (tertiary/aromatic N) is 1. The molecule has 2 amide bonds. The lowest BCUT2D eigenvalue weighted by atomic mass is 10.0. The van der Waals surface area contributed by atoms with Crippen molar-refractivity contribution in [2.24, 2.45) is 0 Å². The molecule has 2 aromatic rings. The smallest absolute Gasteiger partial charge is 0.278 e. The van der Waals surface area contributed by atoms with Gasteiger partial charge in [0, 0.05) is 37.1 Å². The fourth-order valence-corrected chi connectivity index (χ4v) is 3.64. The van der Waals surface area contributed by atoms with Gasteiger partial charge >= 0.3 is 0 Å². The molecule has 1 heterocycles. The second kappa shape index (κ2) is 12.1. The van der Waals surface area contributed by atoms with Crippen LogP contribution in [0.5, 0.6) is 11.5 Å². The molecule has 1 aliphatic heterocycles. The third-order valence-corrected chi connectivity index (χ3v) is 5.27. The molecule has 176 valence electrons. The van der Waals surface area contributed by atoms with E-state index in [0.29, 0.717) is 54.6 Å². The predicted octanol–water partition coefficient (Wildman–Crippen LogP) is 4.49. The normalized spacial score (nSPS) is 13.6. The molecule has 3 rings (SSSR count). The highest BCUT2D eigenvalue weighted by atomic mass is 16.5. The van der Waals surface area contributed by atoms with E-state index < -0.39 is 0 Å². The molecule has 0 aromatic heterocycles. The number of methoxy groups -OCH3 is 1. The topological polar surface area (TPSA) is 77.1 Å². The van der Waals surface area contributed by atoms with E-state index in [9.17, 15) is 9.59 Å². The lowest BCUT2D eigenvalue weighted by Gasteiger charge is -2.15. The summed E-state index contributed by atoms with van der Waals surface area (Å²) in [6.45, 7) is 6.02. The number of carbonyl (C=O) groups is 2. The van der Waals surface area contributed by atoms with Crippen LogP contribution < -0.4 is 14.8 Å². The largest absolute Gasteiger partial charge is 0.496 e. The van der Waals surface area contributed by atoms with E-state index in [1.165, 1.54) is 4.90 Å². The number of carbonyl (C=O) groups excluding carboxylic acids is 2. The third-order valence-electron chi connectivity index (χ3n) is 5.27. The van der Waals surface area contributed by atoms with Crippen molar-refractivity contribution in [2.45, 2.75) is 33.1 Å². The number of hydrogen-bond donors (Lipinski definition) is 1. The molecule has 1 N–H and O–H groups in total. The summed E-state index contributed by atoms with van der Waals surface area (Å²) >= 11 is 0. The lowest BCUT2D eigenvalue weighted by molar-refractivity contribution is -0.137. The molecular weight excluding hydrogens is 420 g/mol. The van der Waals surface area contributed by atoms with E-state index in [4.69, 9.17) is 14.2 Å². The van der Waals surface area contributed by atoms with Crippen molar-refractivity contribution in [1.82, 2.24) is 4.90 Å². The molecule has 0 spiro atoms. The van der Waals surface area contributed by atoms with Crippen LogP contribution in [-0.2, 0) is 14.3 Å². The number of benzene rings is 2. The summed E-state index contributed by atoms with van der Waals surface area (Å²) in [4.78, 5) is 28.0. The van der Waals surface area contributed by atoms with Crippen LogP contribution in [0.4, 0.5) is 5.69 Å². The Labute approximate surface area is 195 Å². The molecule has 0 saturated heterocycles. The molecule has 2 aromatic carbocycles. The summed E-state index contributed by atoms with van der Waals surface area (Å²) in [7, 11) is 1.55. The molecule has 7 nitrogen and oxygen atoms in total. The number of amides is 2. The minimum absolute atomic E-state index is 0.227. The number of ether oxygens (including phenoxy) is 3. The molecule has 0 radical (unpaired) electrons. The SMILES string of the molecule is CCCCOCCCN1C(=O)C(Nc2cccc(OCC)c2)=C(c2ccccc2OC)C1=O. The Hall–Kier alpha value is -3.32. The summed E-state index contributed by atoms with van der Waals surface area (Å²) in [5.41, 5.74) is 1.76. The number of unbranched alkanes of at least 4 members (excludes halogenated alkanes) is 1. The summed E-state index contributed by atoms with van der Waals surface area (Å²) in [5.74, 6) is 0.498. The van der Waals surface area contributed by atoms with Crippen LogP contribution >= 0.6 is 0 Å². The van der Waals surface area contributed by atoms with Crippen molar-refractivity contribution < 1.29 is 23.8 Å². The Kier molecular flexibility index (Phi) is 8.89. The quantitative estimate of drug-likeness (QED) is 0.356. The maximum atomic E-state index is 13.4. The average Bonchev–Trinajstić information content (AvgIpc) is 3.05. The van der Waals surface area contributed by atoms with Crippen LogP contribution in [-0.4, -0.2) is 50.2 Å². The number of imide groups is 1. The van der Waals surface area contributed by atoms with Crippen LogP contribution in [0.25, 0.3) is 5.57 Å². The highest BCUT2D eigenvalue weighted by Gasteiger charge is 2.39. The van der Waals surface area contributed by atoms with Crippen molar-refractivity contribution in [1.29, 1.82) is 0 Å². The van der Waals surface area contributed by atoms with Crippen LogP contribution in [0, 0.1) is 0 Å². The molecule has 33 heavy (non-hydrogen) atoms. The first-order valence-corrected chi connectivity index (χ1v) is 11.4. The molecule has 0 bridgehead atoms. The van der Waals surface area contributed by atoms with Gasteiger partial charge in [0.2, 0.25) is 0 Å². The second-order valence-electron chi connectivity index (χ2n) is 7.62. The van der Waals surface area contributed by atoms with E-state index in [1.807, 2.05) is 37.3 Å². The highest BCUT2D eigenvalue weighted by molar-refractivity contribution is 6.37. The Morgan fingerprint density at radius 3 is 2.48 bits per heavy atom. The molecule has 0 unspecified atom stereocenters. The second-order valence-corrected chi connectivity index (χ2v) is 7.62. The zero-order valence-electron chi connectivity index (χ0n) is 19.6.